The van der Waals surface area contributed by atoms with E-state index in [9.17, 15) is 5.11 Å². The van der Waals surface area contributed by atoms with Gasteiger partial charge in [0, 0.05) is 38.3 Å². The number of hydrogen-bond acceptors (Lipinski definition) is 3. The van der Waals surface area contributed by atoms with E-state index in [2.05, 4.69) is 54.0 Å². The maximum absolute atomic E-state index is 9.83. The second-order valence-electron chi connectivity index (χ2n) is 6.61. The van der Waals surface area contributed by atoms with E-state index < -0.39 is 0 Å². The van der Waals surface area contributed by atoms with Gasteiger partial charge in [-0.2, -0.15) is 0 Å². The molecule has 20 heavy (non-hydrogen) atoms. The first kappa shape index (κ1) is 14.1. The van der Waals surface area contributed by atoms with E-state index in [-0.39, 0.29) is 6.10 Å². The molecule has 3 heteroatoms. The van der Waals surface area contributed by atoms with Crippen molar-refractivity contribution in [1.82, 2.24) is 9.80 Å². The summed E-state index contributed by atoms with van der Waals surface area (Å²) in [4.78, 5) is 5.08. The number of hydrogen-bond donors (Lipinski definition) is 1. The maximum atomic E-state index is 9.83. The SMILES string of the molecule is C[C@H](CN1C[C@@H]2C[C@@H](O)CN2C[C@H]1C)c1ccccc1. The van der Waals surface area contributed by atoms with Crippen molar-refractivity contribution in [1.29, 1.82) is 0 Å². The van der Waals surface area contributed by atoms with E-state index in [4.69, 9.17) is 0 Å². The molecule has 2 fully saturated rings. The Hall–Kier alpha value is -0.900. The summed E-state index contributed by atoms with van der Waals surface area (Å²) in [7, 11) is 0. The van der Waals surface area contributed by atoms with Crippen LogP contribution in [0.1, 0.15) is 31.7 Å². The van der Waals surface area contributed by atoms with Crippen LogP contribution in [0.2, 0.25) is 0 Å². The average molecular weight is 274 g/mol. The van der Waals surface area contributed by atoms with E-state index in [1.165, 1.54) is 5.56 Å². The van der Waals surface area contributed by atoms with Gasteiger partial charge in [0.2, 0.25) is 0 Å². The predicted octanol–water partition coefficient (Wildman–Crippen LogP) is 1.93. The highest BCUT2D eigenvalue weighted by Gasteiger charge is 2.38. The normalized spacial score (nSPS) is 33.0. The van der Waals surface area contributed by atoms with E-state index >= 15 is 0 Å². The minimum Gasteiger partial charge on any atom is -0.392 e. The molecule has 0 amide bonds. The second-order valence-corrected chi connectivity index (χ2v) is 6.61. The molecule has 0 aromatic heterocycles. The lowest BCUT2D eigenvalue weighted by molar-refractivity contribution is 0.0549. The topological polar surface area (TPSA) is 26.7 Å². The first-order chi connectivity index (χ1) is 9.63. The molecule has 0 bridgehead atoms. The Bertz CT molecular complexity index is 436. The summed E-state index contributed by atoms with van der Waals surface area (Å²) < 4.78 is 0. The molecule has 2 heterocycles. The lowest BCUT2D eigenvalue weighted by atomic mass is 9.98. The number of benzene rings is 1. The summed E-state index contributed by atoms with van der Waals surface area (Å²) in [5.74, 6) is 0.566. The molecular formula is C17H26N2O. The van der Waals surface area contributed by atoms with Gasteiger partial charge in [-0.15, -0.1) is 0 Å². The summed E-state index contributed by atoms with van der Waals surface area (Å²) >= 11 is 0. The van der Waals surface area contributed by atoms with Crippen molar-refractivity contribution in [3.05, 3.63) is 35.9 Å². The van der Waals surface area contributed by atoms with Crippen molar-refractivity contribution in [3.63, 3.8) is 0 Å². The van der Waals surface area contributed by atoms with Crippen LogP contribution in [0.3, 0.4) is 0 Å². The highest BCUT2D eigenvalue weighted by Crippen LogP contribution is 2.27. The van der Waals surface area contributed by atoms with Gasteiger partial charge in [0.1, 0.15) is 0 Å². The molecule has 0 unspecified atom stereocenters. The third kappa shape index (κ3) is 2.90. The summed E-state index contributed by atoms with van der Waals surface area (Å²) in [6.45, 7) is 8.83. The van der Waals surface area contributed by atoms with Crippen LogP contribution in [-0.2, 0) is 0 Å². The standard InChI is InChI=1S/C17H26N2O/c1-13(15-6-4-3-5-7-15)9-18-11-16-8-17(20)12-19(16)10-14(18)2/h3-7,13-14,16-17,20H,8-12H2,1-2H3/t13-,14-,16+,17-/m1/s1. The Morgan fingerprint density at radius 2 is 1.95 bits per heavy atom. The van der Waals surface area contributed by atoms with Crippen molar-refractivity contribution in [2.45, 2.75) is 44.4 Å². The molecule has 1 aromatic carbocycles. The molecule has 4 atom stereocenters. The Morgan fingerprint density at radius 3 is 2.70 bits per heavy atom. The van der Waals surface area contributed by atoms with Crippen LogP contribution in [-0.4, -0.2) is 59.3 Å². The molecule has 0 saturated carbocycles. The van der Waals surface area contributed by atoms with Crippen molar-refractivity contribution in [3.8, 4) is 0 Å². The molecule has 2 saturated heterocycles. The van der Waals surface area contributed by atoms with Crippen LogP contribution in [0.25, 0.3) is 0 Å². The van der Waals surface area contributed by atoms with Crippen molar-refractivity contribution >= 4 is 0 Å². The van der Waals surface area contributed by atoms with Gasteiger partial charge in [0.15, 0.2) is 0 Å². The molecule has 1 aromatic rings. The first-order valence-electron chi connectivity index (χ1n) is 7.84. The lowest BCUT2D eigenvalue weighted by Crippen LogP contribution is -2.55. The van der Waals surface area contributed by atoms with Gasteiger partial charge in [0.05, 0.1) is 6.10 Å². The minimum absolute atomic E-state index is 0.112. The third-order valence-electron chi connectivity index (χ3n) is 4.95. The summed E-state index contributed by atoms with van der Waals surface area (Å²) in [5.41, 5.74) is 1.42. The molecule has 3 rings (SSSR count). The van der Waals surface area contributed by atoms with Crippen LogP contribution in [0, 0.1) is 0 Å². The molecule has 2 aliphatic heterocycles. The number of aliphatic hydroxyl groups is 1. The maximum Gasteiger partial charge on any atom is 0.0682 e. The largest absolute Gasteiger partial charge is 0.392 e. The molecule has 0 radical (unpaired) electrons. The zero-order valence-electron chi connectivity index (χ0n) is 12.6. The lowest BCUT2D eigenvalue weighted by Gasteiger charge is -2.43. The highest BCUT2D eigenvalue weighted by molar-refractivity contribution is 5.19. The second kappa shape index (κ2) is 5.84. The Balaban J connectivity index is 1.63. The van der Waals surface area contributed by atoms with E-state index in [1.807, 2.05) is 0 Å². The Kier molecular flexibility index (Phi) is 4.11. The molecule has 3 nitrogen and oxygen atoms in total. The number of piperazine rings is 1. The third-order valence-corrected chi connectivity index (χ3v) is 4.95. The van der Waals surface area contributed by atoms with Gasteiger partial charge < -0.3 is 5.11 Å². The fraction of sp³-hybridized carbons (Fsp3) is 0.647. The monoisotopic (exact) mass is 274 g/mol. The molecule has 0 aliphatic carbocycles. The van der Waals surface area contributed by atoms with Crippen LogP contribution >= 0.6 is 0 Å². The van der Waals surface area contributed by atoms with Gasteiger partial charge in [-0.05, 0) is 24.8 Å². The van der Waals surface area contributed by atoms with Crippen LogP contribution < -0.4 is 0 Å². The minimum atomic E-state index is -0.112. The van der Waals surface area contributed by atoms with E-state index in [0.717, 1.165) is 32.6 Å². The van der Waals surface area contributed by atoms with Crippen molar-refractivity contribution in [2.24, 2.45) is 0 Å². The molecule has 2 aliphatic rings. The number of rotatable bonds is 3. The molecule has 1 N–H and O–H groups in total. The van der Waals surface area contributed by atoms with Crippen LogP contribution in [0.4, 0.5) is 0 Å². The summed E-state index contributed by atoms with van der Waals surface area (Å²) in [5, 5.41) is 9.83. The molecular weight excluding hydrogens is 248 g/mol. The van der Waals surface area contributed by atoms with Gasteiger partial charge in [-0.25, -0.2) is 0 Å². The fourth-order valence-corrected chi connectivity index (χ4v) is 3.77. The molecule has 0 spiro atoms. The number of nitrogens with zero attached hydrogens (tertiary/aromatic N) is 2. The Labute approximate surface area is 122 Å². The van der Waals surface area contributed by atoms with E-state index in [0.29, 0.717) is 18.0 Å². The van der Waals surface area contributed by atoms with Crippen molar-refractivity contribution in [2.75, 3.05) is 26.2 Å². The zero-order chi connectivity index (χ0) is 14.1. The quantitative estimate of drug-likeness (QED) is 0.912. The molecule has 110 valence electrons. The smallest absolute Gasteiger partial charge is 0.0682 e. The van der Waals surface area contributed by atoms with Gasteiger partial charge in [-0.3, -0.25) is 9.80 Å². The predicted molar refractivity (Wildman–Crippen MR) is 81.9 cm³/mol. The zero-order valence-corrected chi connectivity index (χ0v) is 12.6. The van der Waals surface area contributed by atoms with Crippen molar-refractivity contribution < 1.29 is 5.11 Å². The average Bonchev–Trinajstić information content (AvgIpc) is 2.79. The first-order valence-corrected chi connectivity index (χ1v) is 7.84. The summed E-state index contributed by atoms with van der Waals surface area (Å²) in [6.07, 6.45) is 0.835. The number of aliphatic hydroxyl groups excluding tert-OH is 1. The number of fused-ring (bicyclic) bond motifs is 1. The van der Waals surface area contributed by atoms with Gasteiger partial charge in [0.25, 0.3) is 0 Å². The van der Waals surface area contributed by atoms with Gasteiger partial charge >= 0.3 is 0 Å². The Morgan fingerprint density at radius 1 is 1.20 bits per heavy atom. The summed E-state index contributed by atoms with van der Waals surface area (Å²) in [6, 6.07) is 11.9. The van der Waals surface area contributed by atoms with Crippen LogP contribution in [0.5, 0.6) is 0 Å². The fourth-order valence-electron chi connectivity index (χ4n) is 3.77. The van der Waals surface area contributed by atoms with Crippen LogP contribution in [0.15, 0.2) is 30.3 Å². The van der Waals surface area contributed by atoms with E-state index in [1.54, 1.807) is 0 Å². The van der Waals surface area contributed by atoms with Gasteiger partial charge in [-0.1, -0.05) is 37.3 Å². The highest BCUT2D eigenvalue weighted by atomic mass is 16.3.